The fourth-order valence-corrected chi connectivity index (χ4v) is 2.19. The van der Waals surface area contributed by atoms with Gasteiger partial charge < -0.3 is 10.6 Å². The Morgan fingerprint density at radius 3 is 2.68 bits per heavy atom. The van der Waals surface area contributed by atoms with Gasteiger partial charge in [0.15, 0.2) is 0 Å². The summed E-state index contributed by atoms with van der Waals surface area (Å²) in [5, 5.41) is 0. The first-order chi connectivity index (χ1) is 9.01. The van der Waals surface area contributed by atoms with E-state index in [-0.39, 0.29) is 11.9 Å². The minimum Gasteiger partial charge on any atom is -0.384 e. The van der Waals surface area contributed by atoms with Crippen LogP contribution in [0.15, 0.2) is 12.1 Å². The number of nitrogen functional groups attached to an aromatic ring is 1. The summed E-state index contributed by atoms with van der Waals surface area (Å²) in [5.41, 5.74) is 7.32. The van der Waals surface area contributed by atoms with Crippen LogP contribution in [0.25, 0.3) is 0 Å². The zero-order chi connectivity index (χ0) is 14.0. The minimum absolute atomic E-state index is 0.0747. The summed E-state index contributed by atoms with van der Waals surface area (Å²) in [5.74, 6) is 1.19. The average molecular weight is 261 g/mol. The van der Waals surface area contributed by atoms with E-state index in [0.29, 0.717) is 17.3 Å². The number of nitrogens with two attached hydrogens (primary N) is 1. The summed E-state index contributed by atoms with van der Waals surface area (Å²) < 4.78 is 0. The van der Waals surface area contributed by atoms with Gasteiger partial charge in [-0.25, -0.2) is 4.98 Å². The van der Waals surface area contributed by atoms with E-state index in [1.807, 2.05) is 17.9 Å². The zero-order valence-electron chi connectivity index (χ0n) is 12.0. The highest BCUT2D eigenvalue weighted by molar-refractivity contribution is 5.95. The topological polar surface area (TPSA) is 59.2 Å². The monoisotopic (exact) mass is 261 g/mol. The van der Waals surface area contributed by atoms with Gasteiger partial charge in [-0.05, 0) is 51.2 Å². The molecule has 1 saturated carbocycles. The average Bonchev–Trinajstić information content (AvgIpc) is 3.18. The lowest BCUT2D eigenvalue weighted by Gasteiger charge is -2.27. The summed E-state index contributed by atoms with van der Waals surface area (Å²) in [4.78, 5) is 18.8. The van der Waals surface area contributed by atoms with Crippen molar-refractivity contribution in [1.29, 1.82) is 0 Å². The van der Waals surface area contributed by atoms with Gasteiger partial charge in [-0.3, -0.25) is 4.79 Å². The van der Waals surface area contributed by atoms with Gasteiger partial charge in [-0.1, -0.05) is 6.92 Å². The Balaban J connectivity index is 2.22. The molecule has 2 N–H and O–H groups in total. The van der Waals surface area contributed by atoms with Crippen molar-refractivity contribution in [3.8, 4) is 0 Å². The molecule has 1 heterocycles. The van der Waals surface area contributed by atoms with E-state index in [9.17, 15) is 4.79 Å². The molecule has 2 rings (SSSR count). The number of nitrogens with zero attached hydrogens (tertiary/aromatic N) is 2. The molecule has 0 spiro atoms. The Labute approximate surface area is 115 Å². The van der Waals surface area contributed by atoms with Crippen LogP contribution in [-0.4, -0.2) is 28.4 Å². The molecule has 0 bridgehead atoms. The van der Waals surface area contributed by atoms with Crippen LogP contribution in [0, 0.1) is 5.92 Å². The third-order valence-corrected chi connectivity index (χ3v) is 3.54. The molecule has 1 aliphatic rings. The second-order valence-corrected chi connectivity index (χ2v) is 5.62. The van der Waals surface area contributed by atoms with E-state index in [1.165, 1.54) is 12.8 Å². The molecule has 1 amide bonds. The number of hydrogen-bond acceptors (Lipinski definition) is 3. The Bertz CT molecular complexity index is 466. The third kappa shape index (κ3) is 3.46. The predicted octanol–water partition coefficient (Wildman–Crippen LogP) is 2.49. The van der Waals surface area contributed by atoms with Crippen LogP contribution in [0.1, 0.15) is 49.7 Å². The van der Waals surface area contributed by atoms with Gasteiger partial charge in [0.1, 0.15) is 5.82 Å². The molecular formula is C15H23N3O. The smallest absolute Gasteiger partial charge is 0.254 e. The van der Waals surface area contributed by atoms with Crippen LogP contribution in [0.5, 0.6) is 0 Å². The van der Waals surface area contributed by atoms with Crippen molar-refractivity contribution >= 4 is 11.7 Å². The van der Waals surface area contributed by atoms with Gasteiger partial charge in [-0.15, -0.1) is 0 Å². The van der Waals surface area contributed by atoms with Crippen molar-refractivity contribution in [2.45, 2.75) is 46.1 Å². The normalized spacial score (nSPS) is 14.7. The second kappa shape index (κ2) is 5.59. The highest BCUT2D eigenvalue weighted by Gasteiger charge is 2.28. The van der Waals surface area contributed by atoms with Gasteiger partial charge in [0.05, 0.1) is 0 Å². The summed E-state index contributed by atoms with van der Waals surface area (Å²) in [7, 11) is 0. The lowest BCUT2D eigenvalue weighted by atomic mass is 10.1. The molecule has 1 aliphatic carbocycles. The Kier molecular flexibility index (Phi) is 4.08. The molecule has 0 aromatic carbocycles. The van der Waals surface area contributed by atoms with E-state index in [2.05, 4.69) is 18.8 Å². The number of pyridine rings is 1. The maximum Gasteiger partial charge on any atom is 0.254 e. The van der Waals surface area contributed by atoms with Crippen molar-refractivity contribution in [3.05, 3.63) is 23.4 Å². The quantitative estimate of drug-likeness (QED) is 0.886. The number of rotatable bonds is 5. The van der Waals surface area contributed by atoms with Gasteiger partial charge in [0.2, 0.25) is 0 Å². The molecule has 0 aliphatic heterocycles. The number of aryl methyl sites for hydroxylation is 1. The van der Waals surface area contributed by atoms with Crippen molar-refractivity contribution in [3.63, 3.8) is 0 Å². The van der Waals surface area contributed by atoms with E-state index < -0.39 is 0 Å². The summed E-state index contributed by atoms with van der Waals surface area (Å²) in [6.07, 6.45) is 3.28. The van der Waals surface area contributed by atoms with Crippen LogP contribution < -0.4 is 5.73 Å². The third-order valence-electron chi connectivity index (χ3n) is 3.54. The molecule has 1 aromatic heterocycles. The number of anilines is 1. The highest BCUT2D eigenvalue weighted by Crippen LogP contribution is 2.31. The molecule has 1 fully saturated rings. The van der Waals surface area contributed by atoms with E-state index in [1.54, 1.807) is 6.07 Å². The van der Waals surface area contributed by atoms with Gasteiger partial charge in [0, 0.05) is 23.8 Å². The molecule has 0 saturated heterocycles. The predicted molar refractivity (Wildman–Crippen MR) is 76.9 cm³/mol. The van der Waals surface area contributed by atoms with E-state index >= 15 is 0 Å². The van der Waals surface area contributed by atoms with Crippen LogP contribution in [0.3, 0.4) is 0 Å². The van der Waals surface area contributed by atoms with E-state index in [0.717, 1.165) is 18.7 Å². The highest BCUT2D eigenvalue weighted by atomic mass is 16.2. The number of carbonyl (C=O) groups excluding carboxylic acids is 1. The lowest BCUT2D eigenvalue weighted by Crippen LogP contribution is -2.38. The summed E-state index contributed by atoms with van der Waals surface area (Å²) in [6, 6.07) is 3.76. The molecule has 0 unspecified atom stereocenters. The lowest BCUT2D eigenvalue weighted by molar-refractivity contribution is 0.0696. The van der Waals surface area contributed by atoms with Gasteiger partial charge >= 0.3 is 0 Å². The Hall–Kier alpha value is -1.58. The molecular weight excluding hydrogens is 238 g/mol. The first kappa shape index (κ1) is 13.8. The van der Waals surface area contributed by atoms with Crippen LogP contribution in [-0.2, 0) is 6.42 Å². The maximum absolute atomic E-state index is 12.6. The van der Waals surface area contributed by atoms with E-state index in [4.69, 9.17) is 5.73 Å². The van der Waals surface area contributed by atoms with Crippen LogP contribution >= 0.6 is 0 Å². The van der Waals surface area contributed by atoms with Crippen molar-refractivity contribution < 1.29 is 4.79 Å². The number of hydrogen-bond donors (Lipinski definition) is 1. The molecule has 0 radical (unpaired) electrons. The Morgan fingerprint density at radius 1 is 1.47 bits per heavy atom. The first-order valence-electron chi connectivity index (χ1n) is 7.08. The number of carbonyl (C=O) groups is 1. The molecule has 4 heteroatoms. The molecule has 1 aromatic rings. The fraction of sp³-hybridized carbons (Fsp3) is 0.600. The maximum atomic E-state index is 12.6. The van der Waals surface area contributed by atoms with Crippen LogP contribution in [0.4, 0.5) is 5.82 Å². The van der Waals surface area contributed by atoms with Crippen molar-refractivity contribution in [1.82, 2.24) is 9.88 Å². The molecule has 104 valence electrons. The largest absolute Gasteiger partial charge is 0.384 e. The van der Waals surface area contributed by atoms with Crippen molar-refractivity contribution in [2.75, 3.05) is 12.3 Å². The fourth-order valence-electron chi connectivity index (χ4n) is 2.19. The zero-order valence-corrected chi connectivity index (χ0v) is 12.0. The molecule has 0 atom stereocenters. The SMILES string of the molecule is CCc1cc(C(=O)N(CC2CC2)C(C)C)cc(N)n1. The Morgan fingerprint density at radius 2 is 2.16 bits per heavy atom. The molecule has 4 nitrogen and oxygen atoms in total. The van der Waals surface area contributed by atoms with Crippen LogP contribution in [0.2, 0.25) is 0 Å². The standard InChI is InChI=1S/C15H23N3O/c1-4-13-7-12(8-14(16)17-13)15(19)18(10(2)3)9-11-5-6-11/h7-8,10-11H,4-6,9H2,1-3H3,(H2,16,17). The van der Waals surface area contributed by atoms with Crippen molar-refractivity contribution in [2.24, 2.45) is 5.92 Å². The molecule has 19 heavy (non-hydrogen) atoms. The second-order valence-electron chi connectivity index (χ2n) is 5.62. The summed E-state index contributed by atoms with van der Waals surface area (Å²) in [6.45, 7) is 7.00. The number of aromatic nitrogens is 1. The van der Waals surface area contributed by atoms with Gasteiger partial charge in [0.25, 0.3) is 5.91 Å². The van der Waals surface area contributed by atoms with Gasteiger partial charge in [-0.2, -0.15) is 0 Å². The first-order valence-corrected chi connectivity index (χ1v) is 7.08. The number of amides is 1. The minimum atomic E-state index is 0.0747. The summed E-state index contributed by atoms with van der Waals surface area (Å²) >= 11 is 0.